The van der Waals surface area contributed by atoms with E-state index in [1.807, 2.05) is 60.1 Å². The van der Waals surface area contributed by atoms with E-state index in [1.54, 1.807) is 0 Å². The zero-order valence-electron chi connectivity index (χ0n) is 14.8. The number of pyridine rings is 1. The van der Waals surface area contributed by atoms with Gasteiger partial charge in [0.05, 0.1) is 17.0 Å². The van der Waals surface area contributed by atoms with Crippen LogP contribution in [0, 0.1) is 0 Å². The number of nitrogens with one attached hydrogen (secondary N) is 1. The van der Waals surface area contributed by atoms with Crippen LogP contribution in [0.4, 0.5) is 5.69 Å². The number of benzene rings is 1. The van der Waals surface area contributed by atoms with E-state index in [1.165, 1.54) is 17.3 Å². The monoisotopic (exact) mass is 353 g/mol. The van der Waals surface area contributed by atoms with Crippen molar-refractivity contribution in [1.82, 2.24) is 9.38 Å². The maximum Gasteiger partial charge on any atom is 0.237 e. The number of hydrogen-bond acceptors (Lipinski definition) is 3. The standard InChI is InChI=1S/C20H23N3OS/c1-4-14(2)17-10-5-6-11-18(17)22-19(24)15(3)25-20-21-13-16-9-7-8-12-23(16)20/h5-15H,4H2,1-3H3,(H,22,24). The smallest absolute Gasteiger partial charge is 0.237 e. The molecule has 1 N–H and O–H groups in total. The van der Waals surface area contributed by atoms with E-state index >= 15 is 0 Å². The van der Waals surface area contributed by atoms with Crippen LogP contribution in [0.1, 0.15) is 38.7 Å². The first-order chi connectivity index (χ1) is 12.1. The lowest BCUT2D eigenvalue weighted by molar-refractivity contribution is -0.115. The number of para-hydroxylation sites is 1. The molecule has 3 rings (SSSR count). The number of fused-ring (bicyclic) bond motifs is 1. The average molecular weight is 353 g/mol. The number of carbonyl (C=O) groups is 1. The predicted octanol–water partition coefficient (Wildman–Crippen LogP) is 4.97. The third kappa shape index (κ3) is 3.87. The van der Waals surface area contributed by atoms with Crippen LogP contribution in [0.15, 0.2) is 60.0 Å². The Kier molecular flexibility index (Phi) is 5.43. The van der Waals surface area contributed by atoms with Gasteiger partial charge in [-0.1, -0.05) is 49.9 Å². The minimum absolute atomic E-state index is 0.00608. The van der Waals surface area contributed by atoms with Gasteiger partial charge in [-0.3, -0.25) is 9.20 Å². The highest BCUT2D eigenvalue weighted by Gasteiger charge is 2.19. The fraction of sp³-hybridized carbons (Fsp3) is 0.300. The number of anilines is 1. The van der Waals surface area contributed by atoms with Crippen molar-refractivity contribution in [3.63, 3.8) is 0 Å². The molecule has 130 valence electrons. The second-order valence-electron chi connectivity index (χ2n) is 6.18. The van der Waals surface area contributed by atoms with Crippen LogP contribution in [0.25, 0.3) is 5.52 Å². The van der Waals surface area contributed by atoms with Crippen molar-refractivity contribution in [2.75, 3.05) is 5.32 Å². The molecular weight excluding hydrogens is 330 g/mol. The van der Waals surface area contributed by atoms with Crippen LogP contribution in [0.2, 0.25) is 0 Å². The van der Waals surface area contributed by atoms with Gasteiger partial charge < -0.3 is 5.32 Å². The summed E-state index contributed by atoms with van der Waals surface area (Å²) in [6, 6.07) is 14.0. The first-order valence-electron chi connectivity index (χ1n) is 8.58. The lowest BCUT2D eigenvalue weighted by Gasteiger charge is -2.17. The maximum atomic E-state index is 12.7. The van der Waals surface area contributed by atoms with E-state index in [-0.39, 0.29) is 11.2 Å². The van der Waals surface area contributed by atoms with E-state index in [4.69, 9.17) is 0 Å². The fourth-order valence-electron chi connectivity index (χ4n) is 2.71. The zero-order chi connectivity index (χ0) is 17.8. The summed E-state index contributed by atoms with van der Waals surface area (Å²) < 4.78 is 2.00. The molecule has 5 heteroatoms. The fourth-order valence-corrected chi connectivity index (χ4v) is 3.59. The summed E-state index contributed by atoms with van der Waals surface area (Å²) in [5, 5.41) is 3.68. The van der Waals surface area contributed by atoms with Crippen molar-refractivity contribution >= 4 is 28.9 Å². The Morgan fingerprint density at radius 2 is 1.96 bits per heavy atom. The number of rotatable bonds is 6. The number of nitrogens with zero attached hydrogens (tertiary/aromatic N) is 2. The molecule has 1 aromatic carbocycles. The van der Waals surface area contributed by atoms with Gasteiger partial charge in [-0.25, -0.2) is 4.98 Å². The average Bonchev–Trinajstić information content (AvgIpc) is 3.04. The Morgan fingerprint density at radius 3 is 2.76 bits per heavy atom. The van der Waals surface area contributed by atoms with Gasteiger partial charge in [0.25, 0.3) is 0 Å². The van der Waals surface area contributed by atoms with Crippen LogP contribution < -0.4 is 5.32 Å². The van der Waals surface area contributed by atoms with Gasteiger partial charge >= 0.3 is 0 Å². The topological polar surface area (TPSA) is 46.4 Å². The van der Waals surface area contributed by atoms with Gasteiger partial charge in [-0.15, -0.1) is 0 Å². The van der Waals surface area contributed by atoms with Crippen molar-refractivity contribution in [2.45, 2.75) is 43.5 Å². The molecule has 0 spiro atoms. The molecule has 3 aromatic rings. The van der Waals surface area contributed by atoms with Crippen LogP contribution in [-0.4, -0.2) is 20.5 Å². The van der Waals surface area contributed by atoms with Gasteiger partial charge in [0.15, 0.2) is 5.16 Å². The summed E-state index contributed by atoms with van der Waals surface area (Å²) in [6.45, 7) is 6.25. The van der Waals surface area contributed by atoms with E-state index < -0.39 is 0 Å². The number of thioether (sulfide) groups is 1. The van der Waals surface area contributed by atoms with Crippen molar-refractivity contribution in [1.29, 1.82) is 0 Å². The number of hydrogen-bond donors (Lipinski definition) is 1. The van der Waals surface area contributed by atoms with Crippen LogP contribution in [0.3, 0.4) is 0 Å². The Balaban J connectivity index is 1.73. The number of amides is 1. The molecule has 2 unspecified atom stereocenters. The molecule has 0 fully saturated rings. The van der Waals surface area contributed by atoms with E-state index in [0.29, 0.717) is 5.92 Å². The molecule has 0 aliphatic heterocycles. The van der Waals surface area contributed by atoms with Gasteiger partial charge in [0.1, 0.15) is 0 Å². The maximum absolute atomic E-state index is 12.7. The molecule has 25 heavy (non-hydrogen) atoms. The third-order valence-corrected chi connectivity index (χ3v) is 5.50. The lowest BCUT2D eigenvalue weighted by Crippen LogP contribution is -2.23. The quantitative estimate of drug-likeness (QED) is 0.637. The van der Waals surface area contributed by atoms with Gasteiger partial charge in [0, 0.05) is 11.9 Å². The second-order valence-corrected chi connectivity index (χ2v) is 7.49. The summed E-state index contributed by atoms with van der Waals surface area (Å²) >= 11 is 1.47. The van der Waals surface area contributed by atoms with Crippen molar-refractivity contribution in [3.05, 3.63) is 60.4 Å². The molecule has 0 aliphatic rings. The van der Waals surface area contributed by atoms with Crippen molar-refractivity contribution in [2.24, 2.45) is 0 Å². The minimum atomic E-state index is -0.240. The predicted molar refractivity (Wildman–Crippen MR) is 104 cm³/mol. The molecule has 0 aliphatic carbocycles. The summed E-state index contributed by atoms with van der Waals surface area (Å²) in [5.74, 6) is 0.407. The van der Waals surface area contributed by atoms with Gasteiger partial charge in [0.2, 0.25) is 5.91 Å². The van der Waals surface area contributed by atoms with Crippen LogP contribution in [-0.2, 0) is 4.79 Å². The molecule has 0 radical (unpaired) electrons. The molecule has 4 nitrogen and oxygen atoms in total. The molecule has 0 saturated carbocycles. The molecule has 2 heterocycles. The Hall–Kier alpha value is -2.27. The normalized spacial score (nSPS) is 13.6. The number of imidazole rings is 1. The first-order valence-corrected chi connectivity index (χ1v) is 9.46. The molecule has 1 amide bonds. The Labute approximate surface area is 152 Å². The minimum Gasteiger partial charge on any atom is -0.325 e. The lowest BCUT2D eigenvalue weighted by atomic mass is 9.97. The number of carbonyl (C=O) groups excluding carboxylic acids is 1. The highest BCUT2D eigenvalue weighted by molar-refractivity contribution is 8.00. The SMILES string of the molecule is CCC(C)c1ccccc1NC(=O)C(C)Sc1ncc2ccccn12. The molecular formula is C20H23N3OS. The largest absolute Gasteiger partial charge is 0.325 e. The zero-order valence-corrected chi connectivity index (χ0v) is 15.6. The molecule has 2 aromatic heterocycles. The molecule has 0 saturated heterocycles. The third-order valence-electron chi connectivity index (χ3n) is 4.42. The molecule has 2 atom stereocenters. The highest BCUT2D eigenvalue weighted by atomic mass is 32.2. The van der Waals surface area contributed by atoms with Crippen LogP contribution in [0.5, 0.6) is 0 Å². The van der Waals surface area contributed by atoms with Crippen molar-refractivity contribution < 1.29 is 4.79 Å². The summed E-state index contributed by atoms with van der Waals surface area (Å²) in [5.41, 5.74) is 3.11. The Morgan fingerprint density at radius 1 is 1.20 bits per heavy atom. The Bertz CT molecular complexity index is 874. The van der Waals surface area contributed by atoms with E-state index in [2.05, 4.69) is 30.2 Å². The summed E-state index contributed by atoms with van der Waals surface area (Å²) in [6.07, 6.45) is 4.83. The highest BCUT2D eigenvalue weighted by Crippen LogP contribution is 2.28. The van der Waals surface area contributed by atoms with Crippen LogP contribution >= 0.6 is 11.8 Å². The van der Waals surface area contributed by atoms with Gasteiger partial charge in [-0.05, 0) is 43.0 Å². The van der Waals surface area contributed by atoms with E-state index in [0.717, 1.165) is 22.8 Å². The van der Waals surface area contributed by atoms with Gasteiger partial charge in [-0.2, -0.15) is 0 Å². The second kappa shape index (κ2) is 7.74. The summed E-state index contributed by atoms with van der Waals surface area (Å²) in [4.78, 5) is 17.1. The summed E-state index contributed by atoms with van der Waals surface area (Å²) in [7, 11) is 0. The van der Waals surface area contributed by atoms with Crippen molar-refractivity contribution in [3.8, 4) is 0 Å². The number of aromatic nitrogens is 2. The first kappa shape index (κ1) is 17.5. The molecule has 0 bridgehead atoms. The van der Waals surface area contributed by atoms with E-state index in [9.17, 15) is 4.79 Å².